The number of carboxylic acids is 1. The Morgan fingerprint density at radius 2 is 1.92 bits per heavy atom. The van der Waals surface area contributed by atoms with Crippen LogP contribution in [-0.4, -0.2) is 40.9 Å². The lowest BCUT2D eigenvalue weighted by Crippen LogP contribution is -2.28. The van der Waals surface area contributed by atoms with Crippen LogP contribution in [0.1, 0.15) is 30.9 Å². The van der Waals surface area contributed by atoms with Gasteiger partial charge in [0, 0.05) is 24.8 Å². The predicted octanol–water partition coefficient (Wildman–Crippen LogP) is 2.81. The zero-order chi connectivity index (χ0) is 17.7. The number of aliphatic carboxylic acids is 1. The molecule has 0 fully saturated rings. The third-order valence-corrected chi connectivity index (χ3v) is 4.56. The average molecular weight is 400 g/mol. The van der Waals surface area contributed by atoms with Crippen LogP contribution in [0, 0.1) is 5.92 Å². The Labute approximate surface area is 149 Å². The molecule has 24 heavy (non-hydrogen) atoms. The molecule has 132 valence electrons. The number of rotatable bonds is 8. The first-order valence-electron chi connectivity index (χ1n) is 7.85. The van der Waals surface area contributed by atoms with Gasteiger partial charge in [-0.1, -0.05) is 22.9 Å². The molecule has 0 spiro atoms. The van der Waals surface area contributed by atoms with Gasteiger partial charge in [0.1, 0.15) is 0 Å². The van der Waals surface area contributed by atoms with Crippen LogP contribution >= 0.6 is 15.9 Å². The highest BCUT2D eigenvalue weighted by Gasteiger charge is 2.27. The van der Waals surface area contributed by atoms with Crippen LogP contribution in [0.4, 0.5) is 0 Å². The number of carboxylic acid groups (broad SMARTS) is 1. The van der Waals surface area contributed by atoms with E-state index in [1.807, 2.05) is 12.1 Å². The SMILES string of the molecule is COc1cc2c(cc1OCCCBr)CN(C(=O)C[C@H](C)C(=O)O)C2. The van der Waals surface area contributed by atoms with Gasteiger partial charge in [-0.15, -0.1) is 0 Å². The monoisotopic (exact) mass is 399 g/mol. The van der Waals surface area contributed by atoms with Crippen molar-refractivity contribution in [3.63, 3.8) is 0 Å². The van der Waals surface area contributed by atoms with Gasteiger partial charge in [0.15, 0.2) is 11.5 Å². The first-order chi connectivity index (χ1) is 11.5. The summed E-state index contributed by atoms with van der Waals surface area (Å²) in [6.07, 6.45) is 0.896. The number of fused-ring (bicyclic) bond motifs is 1. The van der Waals surface area contributed by atoms with E-state index in [1.165, 1.54) is 0 Å². The highest BCUT2D eigenvalue weighted by Crippen LogP contribution is 2.35. The summed E-state index contributed by atoms with van der Waals surface area (Å²) in [6.45, 7) is 3.07. The molecule has 1 aliphatic rings. The number of alkyl halides is 1. The maximum atomic E-state index is 12.3. The number of hydrogen-bond acceptors (Lipinski definition) is 4. The summed E-state index contributed by atoms with van der Waals surface area (Å²) in [6, 6.07) is 3.81. The number of carbonyl (C=O) groups is 2. The van der Waals surface area contributed by atoms with Crippen LogP contribution in [0.5, 0.6) is 11.5 Å². The van der Waals surface area contributed by atoms with E-state index in [9.17, 15) is 9.59 Å². The lowest BCUT2D eigenvalue weighted by atomic mass is 10.1. The number of carbonyl (C=O) groups excluding carboxylic acids is 1. The molecule has 1 aromatic rings. The van der Waals surface area contributed by atoms with Crippen molar-refractivity contribution >= 4 is 27.8 Å². The molecule has 0 aromatic heterocycles. The fraction of sp³-hybridized carbons (Fsp3) is 0.529. The van der Waals surface area contributed by atoms with Crippen LogP contribution < -0.4 is 9.47 Å². The van der Waals surface area contributed by atoms with E-state index >= 15 is 0 Å². The minimum Gasteiger partial charge on any atom is -0.493 e. The molecule has 1 aromatic carbocycles. The normalized spacial score (nSPS) is 14.2. The zero-order valence-electron chi connectivity index (χ0n) is 13.9. The highest BCUT2D eigenvalue weighted by molar-refractivity contribution is 9.09. The second-order valence-corrected chi connectivity index (χ2v) is 6.65. The smallest absolute Gasteiger partial charge is 0.306 e. The first kappa shape index (κ1) is 18.6. The molecule has 1 amide bonds. The molecule has 1 aliphatic heterocycles. The molecule has 0 saturated heterocycles. The first-order valence-corrected chi connectivity index (χ1v) is 8.97. The Balaban J connectivity index is 2.08. The number of ether oxygens (including phenoxy) is 2. The number of hydrogen-bond donors (Lipinski definition) is 1. The van der Waals surface area contributed by atoms with Crippen LogP contribution in [0.3, 0.4) is 0 Å². The molecule has 0 radical (unpaired) electrons. The van der Waals surface area contributed by atoms with E-state index in [-0.39, 0.29) is 12.3 Å². The Morgan fingerprint density at radius 1 is 1.29 bits per heavy atom. The van der Waals surface area contributed by atoms with Crippen molar-refractivity contribution in [2.24, 2.45) is 5.92 Å². The standard InChI is InChI=1S/C17H22BrNO5/c1-11(17(21)22)6-16(20)19-9-12-7-14(23-2)15(8-13(12)10-19)24-5-3-4-18/h7-8,11H,3-6,9-10H2,1-2H3,(H,21,22)/t11-/m0/s1. The second kappa shape index (κ2) is 8.37. The molecule has 0 unspecified atom stereocenters. The van der Waals surface area contributed by atoms with Gasteiger partial charge in [-0.05, 0) is 29.7 Å². The minimum absolute atomic E-state index is 0.00899. The topological polar surface area (TPSA) is 76.1 Å². The molecule has 7 heteroatoms. The van der Waals surface area contributed by atoms with E-state index in [1.54, 1.807) is 18.9 Å². The van der Waals surface area contributed by atoms with E-state index in [0.717, 1.165) is 22.9 Å². The molecule has 0 aliphatic carbocycles. The molecular formula is C17H22BrNO5. The Bertz CT molecular complexity index is 619. The summed E-state index contributed by atoms with van der Waals surface area (Å²) in [7, 11) is 1.59. The van der Waals surface area contributed by atoms with Crippen LogP contribution in [-0.2, 0) is 22.7 Å². The predicted molar refractivity (Wildman–Crippen MR) is 92.6 cm³/mol. The van der Waals surface area contributed by atoms with Crippen molar-refractivity contribution in [1.82, 2.24) is 4.90 Å². The summed E-state index contributed by atoms with van der Waals surface area (Å²) >= 11 is 3.36. The maximum absolute atomic E-state index is 12.3. The quantitative estimate of drug-likeness (QED) is 0.537. The average Bonchev–Trinajstić information content (AvgIpc) is 2.97. The Kier molecular flexibility index (Phi) is 6.48. The van der Waals surface area contributed by atoms with Crippen LogP contribution in [0.2, 0.25) is 0 Å². The lowest BCUT2D eigenvalue weighted by Gasteiger charge is -2.16. The molecular weight excluding hydrogens is 378 g/mol. The molecule has 1 N–H and O–H groups in total. The van der Waals surface area contributed by atoms with Gasteiger partial charge in [-0.25, -0.2) is 0 Å². The van der Waals surface area contributed by atoms with Crippen molar-refractivity contribution < 1.29 is 24.2 Å². The van der Waals surface area contributed by atoms with E-state index in [4.69, 9.17) is 14.6 Å². The molecule has 2 rings (SSSR count). The highest BCUT2D eigenvalue weighted by atomic mass is 79.9. The fourth-order valence-electron chi connectivity index (χ4n) is 2.57. The van der Waals surface area contributed by atoms with Gasteiger partial charge in [0.05, 0.1) is 19.6 Å². The Morgan fingerprint density at radius 3 is 2.46 bits per heavy atom. The van der Waals surface area contributed by atoms with Crippen LogP contribution in [0.25, 0.3) is 0 Å². The van der Waals surface area contributed by atoms with Gasteiger partial charge >= 0.3 is 5.97 Å². The molecule has 6 nitrogen and oxygen atoms in total. The van der Waals surface area contributed by atoms with E-state index in [2.05, 4.69) is 15.9 Å². The number of benzene rings is 1. The number of amides is 1. The van der Waals surface area contributed by atoms with Gasteiger partial charge in [-0.3, -0.25) is 9.59 Å². The zero-order valence-corrected chi connectivity index (χ0v) is 15.5. The van der Waals surface area contributed by atoms with Gasteiger partial charge < -0.3 is 19.5 Å². The summed E-state index contributed by atoms with van der Waals surface area (Å²) in [5, 5.41) is 9.81. The summed E-state index contributed by atoms with van der Waals surface area (Å²) in [5.74, 6) is -0.466. The summed E-state index contributed by atoms with van der Waals surface area (Å²) in [4.78, 5) is 24.9. The third kappa shape index (κ3) is 4.41. The molecule has 0 bridgehead atoms. The number of halogens is 1. The van der Waals surface area contributed by atoms with Crippen molar-refractivity contribution in [1.29, 1.82) is 0 Å². The van der Waals surface area contributed by atoms with E-state index in [0.29, 0.717) is 31.2 Å². The van der Waals surface area contributed by atoms with Crippen molar-refractivity contribution in [3.05, 3.63) is 23.3 Å². The van der Waals surface area contributed by atoms with Crippen LogP contribution in [0.15, 0.2) is 12.1 Å². The number of nitrogens with zero attached hydrogens (tertiary/aromatic N) is 1. The van der Waals surface area contributed by atoms with Gasteiger partial charge in [0.2, 0.25) is 5.91 Å². The fourth-order valence-corrected chi connectivity index (χ4v) is 2.80. The van der Waals surface area contributed by atoms with Gasteiger partial charge in [-0.2, -0.15) is 0 Å². The largest absolute Gasteiger partial charge is 0.493 e. The van der Waals surface area contributed by atoms with Crippen molar-refractivity contribution in [2.75, 3.05) is 19.0 Å². The van der Waals surface area contributed by atoms with Crippen molar-refractivity contribution in [2.45, 2.75) is 32.9 Å². The van der Waals surface area contributed by atoms with Crippen molar-refractivity contribution in [3.8, 4) is 11.5 Å². The second-order valence-electron chi connectivity index (χ2n) is 5.86. The maximum Gasteiger partial charge on any atom is 0.306 e. The molecule has 1 heterocycles. The third-order valence-electron chi connectivity index (χ3n) is 4.00. The lowest BCUT2D eigenvalue weighted by molar-refractivity contribution is -0.145. The Hall–Kier alpha value is -1.76. The molecule has 1 atom stereocenters. The molecule has 0 saturated carbocycles. The summed E-state index contributed by atoms with van der Waals surface area (Å²) < 4.78 is 11.1. The number of methoxy groups -OCH3 is 1. The van der Waals surface area contributed by atoms with Gasteiger partial charge in [0.25, 0.3) is 0 Å². The minimum atomic E-state index is -0.954. The summed E-state index contributed by atoms with van der Waals surface area (Å²) in [5.41, 5.74) is 2.02. The van der Waals surface area contributed by atoms with E-state index < -0.39 is 11.9 Å².